The first-order valence-corrected chi connectivity index (χ1v) is 10.9. The lowest BCUT2D eigenvalue weighted by molar-refractivity contribution is -0.114. The minimum Gasteiger partial charge on any atom is -0.326 e. The van der Waals surface area contributed by atoms with E-state index in [-0.39, 0.29) is 21.4 Å². The van der Waals surface area contributed by atoms with Gasteiger partial charge in [0.1, 0.15) is 4.90 Å². The van der Waals surface area contributed by atoms with Crippen LogP contribution in [0.5, 0.6) is 0 Å². The fourth-order valence-electron chi connectivity index (χ4n) is 2.47. The summed E-state index contributed by atoms with van der Waals surface area (Å²) >= 11 is 7.25. The zero-order chi connectivity index (χ0) is 21.3. The molecule has 1 aromatic heterocycles. The first-order chi connectivity index (χ1) is 13.6. The molecule has 3 rings (SSSR count). The summed E-state index contributed by atoms with van der Waals surface area (Å²) in [6, 6.07) is 9.24. The van der Waals surface area contributed by atoms with Gasteiger partial charge in [-0.15, -0.1) is 0 Å². The van der Waals surface area contributed by atoms with Crippen LogP contribution in [0, 0.1) is 0 Å². The number of amides is 2. The molecule has 1 heterocycles. The number of carbonyl (C=O) groups excluding carboxylic acids is 2. The Morgan fingerprint density at radius 2 is 1.83 bits per heavy atom. The van der Waals surface area contributed by atoms with Crippen molar-refractivity contribution in [3.63, 3.8) is 0 Å². The van der Waals surface area contributed by atoms with Gasteiger partial charge in [-0.2, -0.15) is 0 Å². The third kappa shape index (κ3) is 4.56. The van der Waals surface area contributed by atoms with E-state index in [9.17, 15) is 18.0 Å². The maximum atomic E-state index is 12.6. The Morgan fingerprint density at radius 3 is 2.48 bits per heavy atom. The molecule has 152 valence electrons. The summed E-state index contributed by atoms with van der Waals surface area (Å²) in [6.45, 7) is 1.42. The molecule has 0 radical (unpaired) electrons. The van der Waals surface area contributed by atoms with Crippen LogP contribution in [-0.2, 0) is 14.8 Å². The van der Waals surface area contributed by atoms with Crippen molar-refractivity contribution in [3.8, 4) is 0 Å². The van der Waals surface area contributed by atoms with Gasteiger partial charge in [-0.05, 0) is 36.4 Å². The molecule has 0 atom stereocenters. The Hall–Kier alpha value is -2.53. The lowest BCUT2D eigenvalue weighted by atomic mass is 10.2. The molecule has 0 aliphatic carbocycles. The van der Waals surface area contributed by atoms with Crippen molar-refractivity contribution < 1.29 is 18.0 Å². The summed E-state index contributed by atoms with van der Waals surface area (Å²) < 4.78 is 26.6. The monoisotopic (exact) mass is 452 g/mol. The SMILES string of the molecule is CC(=O)Nc1ccc2nc(NC(=O)c3ccc(Cl)c(S(=O)(=O)N(C)C)c3)sc2c1. The van der Waals surface area contributed by atoms with Crippen LogP contribution in [0.1, 0.15) is 17.3 Å². The minimum atomic E-state index is -3.80. The Morgan fingerprint density at radius 1 is 1.10 bits per heavy atom. The molecule has 3 aromatic rings. The fraction of sp³-hybridized carbons (Fsp3) is 0.167. The predicted octanol–water partition coefficient (Wildman–Crippen LogP) is 3.41. The quantitative estimate of drug-likeness (QED) is 0.616. The third-order valence-corrected chi connectivity index (χ3v) is 7.11. The van der Waals surface area contributed by atoms with E-state index in [1.165, 1.54) is 50.6 Å². The summed E-state index contributed by atoms with van der Waals surface area (Å²) in [4.78, 5) is 28.0. The molecule has 11 heteroatoms. The summed E-state index contributed by atoms with van der Waals surface area (Å²) in [6.07, 6.45) is 0. The van der Waals surface area contributed by atoms with E-state index in [1.54, 1.807) is 18.2 Å². The molecule has 8 nitrogen and oxygen atoms in total. The second-order valence-electron chi connectivity index (χ2n) is 6.27. The molecule has 2 amide bonds. The molecular weight excluding hydrogens is 436 g/mol. The number of hydrogen-bond acceptors (Lipinski definition) is 6. The van der Waals surface area contributed by atoms with Gasteiger partial charge in [-0.3, -0.25) is 14.9 Å². The molecule has 0 aliphatic rings. The Bertz CT molecular complexity index is 1220. The number of aromatic nitrogens is 1. The lowest BCUT2D eigenvalue weighted by Crippen LogP contribution is -2.23. The van der Waals surface area contributed by atoms with E-state index in [1.807, 2.05) is 0 Å². The number of anilines is 2. The van der Waals surface area contributed by atoms with Gasteiger partial charge in [0.05, 0.1) is 15.2 Å². The number of fused-ring (bicyclic) bond motifs is 1. The molecule has 2 aromatic carbocycles. The normalized spacial score (nSPS) is 11.6. The van der Waals surface area contributed by atoms with E-state index >= 15 is 0 Å². The second-order valence-corrected chi connectivity index (χ2v) is 9.83. The molecule has 2 N–H and O–H groups in total. The van der Waals surface area contributed by atoms with Gasteiger partial charge < -0.3 is 5.32 Å². The van der Waals surface area contributed by atoms with Crippen molar-refractivity contribution >= 4 is 65.8 Å². The molecule has 0 unspecified atom stereocenters. The molecule has 0 aliphatic heterocycles. The summed E-state index contributed by atoms with van der Waals surface area (Å²) in [5, 5.41) is 5.72. The fourth-order valence-corrected chi connectivity index (χ4v) is 4.76. The number of hydrogen-bond donors (Lipinski definition) is 2. The largest absolute Gasteiger partial charge is 0.326 e. The molecule has 0 fully saturated rings. The number of benzene rings is 2. The maximum Gasteiger partial charge on any atom is 0.257 e. The molecule has 0 saturated carbocycles. The average Bonchev–Trinajstić information content (AvgIpc) is 3.02. The molecule has 29 heavy (non-hydrogen) atoms. The van der Waals surface area contributed by atoms with Gasteiger partial charge >= 0.3 is 0 Å². The van der Waals surface area contributed by atoms with E-state index in [0.29, 0.717) is 16.3 Å². The van der Waals surface area contributed by atoms with Crippen molar-refractivity contribution in [3.05, 3.63) is 47.0 Å². The average molecular weight is 453 g/mol. The smallest absolute Gasteiger partial charge is 0.257 e. The van der Waals surface area contributed by atoms with E-state index in [4.69, 9.17) is 11.6 Å². The van der Waals surface area contributed by atoms with Crippen LogP contribution in [0.4, 0.5) is 10.8 Å². The first-order valence-electron chi connectivity index (χ1n) is 8.29. The zero-order valence-electron chi connectivity index (χ0n) is 15.7. The Balaban J connectivity index is 1.88. The number of carbonyl (C=O) groups is 2. The number of halogens is 1. The lowest BCUT2D eigenvalue weighted by Gasteiger charge is -2.13. The third-order valence-electron chi connectivity index (χ3n) is 3.88. The van der Waals surface area contributed by atoms with Gasteiger partial charge in [0.15, 0.2) is 5.13 Å². The molecule has 0 spiro atoms. The summed E-state index contributed by atoms with van der Waals surface area (Å²) in [7, 11) is -1.03. The summed E-state index contributed by atoms with van der Waals surface area (Å²) in [5.41, 5.74) is 1.42. The van der Waals surface area contributed by atoms with Crippen molar-refractivity contribution in [2.45, 2.75) is 11.8 Å². The van der Waals surface area contributed by atoms with E-state index in [0.717, 1.165) is 9.01 Å². The van der Waals surface area contributed by atoms with Gasteiger partial charge in [-0.25, -0.2) is 17.7 Å². The van der Waals surface area contributed by atoms with Crippen LogP contribution in [-0.4, -0.2) is 43.6 Å². The van der Waals surface area contributed by atoms with Crippen LogP contribution < -0.4 is 10.6 Å². The number of nitrogens with zero attached hydrogens (tertiary/aromatic N) is 2. The van der Waals surface area contributed by atoms with Crippen LogP contribution in [0.25, 0.3) is 10.2 Å². The Labute approximate surface area is 176 Å². The van der Waals surface area contributed by atoms with E-state index in [2.05, 4.69) is 15.6 Å². The molecule has 0 bridgehead atoms. The van der Waals surface area contributed by atoms with Gasteiger partial charge in [0, 0.05) is 32.3 Å². The molecular formula is C18H17ClN4O4S2. The van der Waals surface area contributed by atoms with Crippen molar-refractivity contribution in [1.82, 2.24) is 9.29 Å². The van der Waals surface area contributed by atoms with Gasteiger partial charge in [0.2, 0.25) is 15.9 Å². The predicted molar refractivity (Wildman–Crippen MR) is 114 cm³/mol. The van der Waals surface area contributed by atoms with Crippen molar-refractivity contribution in [1.29, 1.82) is 0 Å². The van der Waals surface area contributed by atoms with Gasteiger partial charge in [-0.1, -0.05) is 22.9 Å². The zero-order valence-corrected chi connectivity index (χ0v) is 18.1. The standard InChI is InChI=1S/C18H17ClN4O4S2/c1-10(24)20-12-5-7-14-15(9-12)28-18(21-14)22-17(25)11-4-6-13(19)16(8-11)29(26,27)23(2)3/h4-9H,1-3H3,(H,20,24)(H,21,22,25). The second kappa shape index (κ2) is 8.07. The summed E-state index contributed by atoms with van der Waals surface area (Å²) in [5.74, 6) is -0.702. The van der Waals surface area contributed by atoms with Crippen LogP contribution in [0.3, 0.4) is 0 Å². The highest BCUT2D eigenvalue weighted by Gasteiger charge is 2.22. The highest BCUT2D eigenvalue weighted by atomic mass is 35.5. The number of sulfonamides is 1. The molecule has 0 saturated heterocycles. The van der Waals surface area contributed by atoms with E-state index < -0.39 is 15.9 Å². The highest BCUT2D eigenvalue weighted by molar-refractivity contribution is 7.89. The maximum absolute atomic E-state index is 12.6. The number of thiazole rings is 1. The highest BCUT2D eigenvalue weighted by Crippen LogP contribution is 2.29. The topological polar surface area (TPSA) is 108 Å². The first kappa shape index (κ1) is 21.2. The Kier molecular flexibility index (Phi) is 5.90. The van der Waals surface area contributed by atoms with Crippen molar-refractivity contribution in [2.24, 2.45) is 0 Å². The minimum absolute atomic E-state index is 0.0285. The number of nitrogens with one attached hydrogen (secondary N) is 2. The number of rotatable bonds is 5. The van der Waals surface area contributed by atoms with Crippen LogP contribution >= 0.6 is 22.9 Å². The van der Waals surface area contributed by atoms with Gasteiger partial charge in [0.25, 0.3) is 5.91 Å². The van der Waals surface area contributed by atoms with Crippen molar-refractivity contribution in [2.75, 3.05) is 24.7 Å². The van der Waals surface area contributed by atoms with Crippen LogP contribution in [0.2, 0.25) is 5.02 Å². The van der Waals surface area contributed by atoms with Crippen LogP contribution in [0.15, 0.2) is 41.3 Å².